The van der Waals surface area contributed by atoms with E-state index in [2.05, 4.69) is 67.9 Å². The van der Waals surface area contributed by atoms with Crippen molar-refractivity contribution in [1.82, 2.24) is 20.1 Å². The Bertz CT molecular complexity index is 842. The second-order valence-electron chi connectivity index (χ2n) is 6.56. The van der Waals surface area contributed by atoms with Gasteiger partial charge in [0, 0.05) is 18.7 Å². The second-order valence-corrected chi connectivity index (χ2v) is 6.56. The lowest BCUT2D eigenvalue weighted by Crippen LogP contribution is -2.33. The third kappa shape index (κ3) is 3.94. The van der Waals surface area contributed by atoms with E-state index in [1.165, 1.54) is 43.1 Å². The highest BCUT2D eigenvalue weighted by atomic mass is 15.2. The molecule has 1 aliphatic heterocycles. The summed E-state index contributed by atoms with van der Waals surface area (Å²) in [6, 6.07) is 14.7. The van der Waals surface area contributed by atoms with E-state index in [0.29, 0.717) is 5.95 Å². The number of rotatable bonds is 5. The monoisotopic (exact) mass is 333 g/mol. The van der Waals surface area contributed by atoms with Gasteiger partial charge in [-0.2, -0.15) is 5.10 Å². The fourth-order valence-corrected chi connectivity index (χ4v) is 3.38. The summed E-state index contributed by atoms with van der Waals surface area (Å²) < 4.78 is 0. The number of hydrogen-bond acceptors (Lipinski definition) is 5. The van der Waals surface area contributed by atoms with Crippen LogP contribution in [0.15, 0.2) is 48.7 Å². The van der Waals surface area contributed by atoms with Gasteiger partial charge in [-0.05, 0) is 42.8 Å². The molecule has 0 bridgehead atoms. The Morgan fingerprint density at radius 1 is 0.960 bits per heavy atom. The molecule has 3 aromatic rings. The lowest BCUT2D eigenvalue weighted by Gasteiger charge is -2.26. The maximum atomic E-state index is 4.63. The summed E-state index contributed by atoms with van der Waals surface area (Å²) in [5, 5.41) is 14.0. The van der Waals surface area contributed by atoms with Crippen molar-refractivity contribution in [2.75, 3.05) is 31.5 Å². The van der Waals surface area contributed by atoms with E-state index in [4.69, 9.17) is 0 Å². The molecule has 1 N–H and O–H groups in total. The molecule has 1 saturated heterocycles. The fourth-order valence-electron chi connectivity index (χ4n) is 3.38. The van der Waals surface area contributed by atoms with Crippen molar-refractivity contribution in [1.29, 1.82) is 0 Å². The average molecular weight is 333 g/mol. The van der Waals surface area contributed by atoms with E-state index < -0.39 is 0 Å². The predicted molar refractivity (Wildman–Crippen MR) is 102 cm³/mol. The van der Waals surface area contributed by atoms with Crippen LogP contribution in [-0.4, -0.2) is 46.3 Å². The number of anilines is 1. The van der Waals surface area contributed by atoms with Gasteiger partial charge >= 0.3 is 0 Å². The van der Waals surface area contributed by atoms with Crippen LogP contribution >= 0.6 is 0 Å². The van der Waals surface area contributed by atoms with Crippen molar-refractivity contribution in [3.8, 4) is 11.3 Å². The third-order valence-corrected chi connectivity index (χ3v) is 4.76. The van der Waals surface area contributed by atoms with Gasteiger partial charge in [0.05, 0.1) is 11.9 Å². The van der Waals surface area contributed by atoms with Gasteiger partial charge in [-0.1, -0.05) is 42.8 Å². The molecule has 1 aromatic heterocycles. The molecule has 0 spiro atoms. The summed E-state index contributed by atoms with van der Waals surface area (Å²) in [6.07, 6.45) is 5.72. The molecule has 1 fully saturated rings. The van der Waals surface area contributed by atoms with Crippen LogP contribution < -0.4 is 5.32 Å². The number of benzene rings is 2. The molecule has 0 saturated carbocycles. The van der Waals surface area contributed by atoms with Crippen molar-refractivity contribution in [2.45, 2.75) is 19.3 Å². The Kier molecular flexibility index (Phi) is 4.84. The fraction of sp³-hybridized carbons (Fsp3) is 0.350. The van der Waals surface area contributed by atoms with Crippen molar-refractivity contribution < 1.29 is 0 Å². The highest BCUT2D eigenvalue weighted by molar-refractivity contribution is 5.86. The first kappa shape index (κ1) is 16.0. The Balaban J connectivity index is 1.44. The molecule has 2 aromatic carbocycles. The van der Waals surface area contributed by atoms with Crippen molar-refractivity contribution in [3.63, 3.8) is 0 Å². The molecular formula is C20H23N5. The molecule has 0 amide bonds. The lowest BCUT2D eigenvalue weighted by atomic mass is 10.1. The molecule has 1 aliphatic rings. The highest BCUT2D eigenvalue weighted by Gasteiger charge is 2.10. The molecule has 0 atom stereocenters. The molecule has 0 unspecified atom stereocenters. The van der Waals surface area contributed by atoms with Gasteiger partial charge in [0.15, 0.2) is 0 Å². The maximum absolute atomic E-state index is 4.63. The van der Waals surface area contributed by atoms with Crippen LogP contribution in [0.5, 0.6) is 0 Å². The minimum atomic E-state index is 0.600. The van der Waals surface area contributed by atoms with Crippen LogP contribution in [-0.2, 0) is 0 Å². The van der Waals surface area contributed by atoms with Crippen LogP contribution in [0.3, 0.4) is 0 Å². The summed E-state index contributed by atoms with van der Waals surface area (Å²) >= 11 is 0. The summed E-state index contributed by atoms with van der Waals surface area (Å²) in [6.45, 7) is 4.29. The van der Waals surface area contributed by atoms with E-state index in [1.807, 2.05) is 0 Å². The number of likely N-dealkylation sites (tertiary alicyclic amines) is 1. The second kappa shape index (κ2) is 7.57. The van der Waals surface area contributed by atoms with Crippen LogP contribution in [0.4, 0.5) is 5.95 Å². The molecule has 25 heavy (non-hydrogen) atoms. The zero-order chi connectivity index (χ0) is 16.9. The normalized spacial score (nSPS) is 15.4. The molecule has 0 aliphatic carbocycles. The maximum Gasteiger partial charge on any atom is 0.243 e. The quantitative estimate of drug-likeness (QED) is 0.773. The first-order valence-corrected chi connectivity index (χ1v) is 9.04. The molecule has 5 heteroatoms. The number of piperidine rings is 1. The van der Waals surface area contributed by atoms with Gasteiger partial charge in [-0.15, -0.1) is 5.10 Å². The molecule has 128 valence electrons. The smallest absolute Gasteiger partial charge is 0.243 e. The number of nitrogens with one attached hydrogen (secondary N) is 1. The Labute approximate surface area is 148 Å². The summed E-state index contributed by atoms with van der Waals surface area (Å²) in [5.41, 5.74) is 1.91. The first-order chi connectivity index (χ1) is 12.4. The average Bonchev–Trinajstić information content (AvgIpc) is 2.69. The van der Waals surface area contributed by atoms with Gasteiger partial charge in [0.25, 0.3) is 0 Å². The van der Waals surface area contributed by atoms with Crippen LogP contribution in [0.25, 0.3) is 22.0 Å². The van der Waals surface area contributed by atoms with Crippen LogP contribution in [0.1, 0.15) is 19.3 Å². The van der Waals surface area contributed by atoms with Gasteiger partial charge in [0.1, 0.15) is 0 Å². The minimum absolute atomic E-state index is 0.600. The lowest BCUT2D eigenvalue weighted by molar-refractivity contribution is 0.237. The zero-order valence-electron chi connectivity index (χ0n) is 14.4. The van der Waals surface area contributed by atoms with Gasteiger partial charge in [-0.25, -0.2) is 4.98 Å². The summed E-state index contributed by atoms with van der Waals surface area (Å²) in [4.78, 5) is 7.13. The Morgan fingerprint density at radius 2 is 1.80 bits per heavy atom. The largest absolute Gasteiger partial charge is 0.352 e. The van der Waals surface area contributed by atoms with E-state index in [-0.39, 0.29) is 0 Å². The zero-order valence-corrected chi connectivity index (χ0v) is 14.4. The van der Waals surface area contributed by atoms with Gasteiger partial charge < -0.3 is 10.2 Å². The number of nitrogens with zero attached hydrogens (tertiary/aromatic N) is 4. The predicted octanol–water partition coefficient (Wildman–Crippen LogP) is 3.59. The highest BCUT2D eigenvalue weighted by Crippen LogP contribution is 2.22. The Hall–Kier alpha value is -2.53. The number of fused-ring (bicyclic) bond motifs is 1. The van der Waals surface area contributed by atoms with Crippen molar-refractivity contribution in [2.24, 2.45) is 0 Å². The van der Waals surface area contributed by atoms with E-state index in [1.54, 1.807) is 6.20 Å². The molecule has 0 radical (unpaired) electrons. The summed E-state index contributed by atoms with van der Waals surface area (Å²) in [7, 11) is 0. The summed E-state index contributed by atoms with van der Waals surface area (Å²) in [5.74, 6) is 0.600. The topological polar surface area (TPSA) is 53.9 Å². The minimum Gasteiger partial charge on any atom is -0.352 e. The van der Waals surface area contributed by atoms with Gasteiger partial charge in [-0.3, -0.25) is 0 Å². The van der Waals surface area contributed by atoms with Crippen molar-refractivity contribution in [3.05, 3.63) is 48.7 Å². The molecule has 5 nitrogen and oxygen atoms in total. The van der Waals surface area contributed by atoms with Crippen LogP contribution in [0.2, 0.25) is 0 Å². The van der Waals surface area contributed by atoms with E-state index in [0.717, 1.165) is 24.3 Å². The van der Waals surface area contributed by atoms with Crippen molar-refractivity contribution >= 4 is 16.7 Å². The standard InChI is InChI=1S/C20H23N5/c1-4-11-25(12-5-1)13-10-21-20-23-19(15-22-24-20)18-9-8-16-6-2-3-7-17(16)14-18/h2-3,6-9,14-15H,1,4-5,10-13H2,(H,21,23,24). The molecule has 4 rings (SSSR count). The number of aromatic nitrogens is 3. The SMILES string of the molecule is c1ccc2cc(-c3cnnc(NCCN4CCCCC4)n3)ccc2c1. The van der Waals surface area contributed by atoms with E-state index in [9.17, 15) is 0 Å². The Morgan fingerprint density at radius 3 is 2.68 bits per heavy atom. The van der Waals surface area contributed by atoms with E-state index >= 15 is 0 Å². The number of hydrogen-bond donors (Lipinski definition) is 1. The van der Waals surface area contributed by atoms with Crippen LogP contribution in [0, 0.1) is 0 Å². The third-order valence-electron chi connectivity index (χ3n) is 4.76. The van der Waals surface area contributed by atoms with Gasteiger partial charge in [0.2, 0.25) is 5.95 Å². The first-order valence-electron chi connectivity index (χ1n) is 9.04. The molecular weight excluding hydrogens is 310 g/mol. The molecule has 2 heterocycles.